The first-order valence-electron chi connectivity index (χ1n) is 9.28. The molecule has 0 radical (unpaired) electrons. The number of nitrogens with two attached hydrogens (primary N) is 1. The minimum atomic E-state index is 0.0764. The summed E-state index contributed by atoms with van der Waals surface area (Å²) in [4.78, 5) is 22.9. The molecule has 1 amide bonds. The molecule has 0 saturated heterocycles. The molecule has 1 aromatic heterocycles. The second kappa shape index (κ2) is 7.81. The highest BCUT2D eigenvalue weighted by Crippen LogP contribution is 2.33. The quantitative estimate of drug-likeness (QED) is 0.776. The maximum atomic E-state index is 12.4. The molecule has 3 rings (SSSR count). The lowest BCUT2D eigenvalue weighted by Crippen LogP contribution is -2.30. The van der Waals surface area contributed by atoms with Crippen molar-refractivity contribution in [3.63, 3.8) is 0 Å². The van der Waals surface area contributed by atoms with Crippen molar-refractivity contribution in [1.82, 2.24) is 9.97 Å². The monoisotopic (exact) mass is 332 g/mol. The fourth-order valence-electron chi connectivity index (χ4n) is 3.62. The highest BCUT2D eigenvalue weighted by atomic mass is 16.5. The van der Waals surface area contributed by atoms with Gasteiger partial charge < -0.3 is 10.5 Å². The summed E-state index contributed by atoms with van der Waals surface area (Å²) in [5, 5.41) is 0. The van der Waals surface area contributed by atoms with Crippen molar-refractivity contribution in [2.75, 3.05) is 23.8 Å². The van der Waals surface area contributed by atoms with Crippen LogP contribution in [0.15, 0.2) is 0 Å². The van der Waals surface area contributed by atoms with E-state index in [9.17, 15) is 4.79 Å². The molecule has 0 unspecified atom stereocenters. The average molecular weight is 332 g/mol. The third-order valence-corrected chi connectivity index (χ3v) is 5.10. The van der Waals surface area contributed by atoms with E-state index in [0.29, 0.717) is 24.7 Å². The van der Waals surface area contributed by atoms with Gasteiger partial charge in [0.15, 0.2) is 0 Å². The summed E-state index contributed by atoms with van der Waals surface area (Å²) in [6.45, 7) is 3.40. The Labute approximate surface area is 143 Å². The van der Waals surface area contributed by atoms with Crippen LogP contribution in [0.4, 0.5) is 11.6 Å². The second-order valence-electron chi connectivity index (χ2n) is 6.91. The van der Waals surface area contributed by atoms with Crippen LogP contribution in [0.3, 0.4) is 0 Å². The first kappa shape index (κ1) is 17.0. The van der Waals surface area contributed by atoms with Crippen LogP contribution in [-0.4, -0.2) is 29.0 Å². The number of anilines is 2. The summed E-state index contributed by atoms with van der Waals surface area (Å²) in [5.41, 5.74) is 6.79. The molecule has 0 aromatic carbocycles. The zero-order valence-corrected chi connectivity index (χ0v) is 14.6. The molecule has 6 nitrogen and oxygen atoms in total. The molecule has 132 valence electrons. The van der Waals surface area contributed by atoms with E-state index in [4.69, 9.17) is 10.5 Å². The van der Waals surface area contributed by atoms with Crippen molar-refractivity contribution in [2.45, 2.75) is 64.7 Å². The molecule has 0 bridgehead atoms. The Kier molecular flexibility index (Phi) is 5.53. The first-order valence-corrected chi connectivity index (χ1v) is 9.28. The highest BCUT2D eigenvalue weighted by molar-refractivity contribution is 6.01. The lowest BCUT2D eigenvalue weighted by atomic mass is 9.87. The number of hydrogen-bond acceptors (Lipinski definition) is 5. The maximum absolute atomic E-state index is 12.4. The van der Waals surface area contributed by atoms with Crippen molar-refractivity contribution in [3.05, 3.63) is 5.56 Å². The van der Waals surface area contributed by atoms with E-state index in [1.165, 1.54) is 32.1 Å². The number of ether oxygens (including phenoxy) is 1. The predicted molar refractivity (Wildman–Crippen MR) is 94.1 cm³/mol. The molecule has 0 atom stereocenters. The zero-order valence-electron chi connectivity index (χ0n) is 14.6. The van der Waals surface area contributed by atoms with Crippen molar-refractivity contribution in [2.24, 2.45) is 5.92 Å². The first-order chi connectivity index (χ1) is 11.7. The van der Waals surface area contributed by atoms with Gasteiger partial charge in [0.05, 0.1) is 13.0 Å². The fourth-order valence-corrected chi connectivity index (χ4v) is 3.62. The van der Waals surface area contributed by atoms with E-state index in [1.54, 1.807) is 4.90 Å². The second-order valence-corrected chi connectivity index (χ2v) is 6.91. The number of carbonyl (C=O) groups is 1. The third kappa shape index (κ3) is 3.79. The maximum Gasteiger partial charge on any atom is 0.320 e. The molecule has 1 aliphatic heterocycles. The largest absolute Gasteiger partial charge is 0.463 e. The summed E-state index contributed by atoms with van der Waals surface area (Å²) < 4.78 is 5.59. The zero-order chi connectivity index (χ0) is 16.9. The lowest BCUT2D eigenvalue weighted by Gasteiger charge is -2.24. The summed E-state index contributed by atoms with van der Waals surface area (Å²) in [5.74, 6) is 1.84. The molecular formula is C18H28N4O2. The topological polar surface area (TPSA) is 81.3 Å². The van der Waals surface area contributed by atoms with Gasteiger partial charge in [-0.1, -0.05) is 45.4 Å². The van der Waals surface area contributed by atoms with Gasteiger partial charge in [0, 0.05) is 12.1 Å². The van der Waals surface area contributed by atoms with E-state index >= 15 is 0 Å². The molecule has 0 spiro atoms. The van der Waals surface area contributed by atoms with Crippen LogP contribution in [0.25, 0.3) is 0 Å². The van der Waals surface area contributed by atoms with Crippen molar-refractivity contribution in [3.8, 4) is 6.01 Å². The van der Waals surface area contributed by atoms with Crippen LogP contribution in [-0.2, 0) is 11.2 Å². The highest BCUT2D eigenvalue weighted by Gasteiger charge is 2.32. The standard InChI is InChI=1S/C18H28N4O2/c1-2-3-11-24-18-20-16(19)14-12-15(23)22(17(14)21-18)10-9-13-7-5-4-6-8-13/h13H,2-12H2,1H3,(H2,19,20,21). The van der Waals surface area contributed by atoms with Gasteiger partial charge >= 0.3 is 6.01 Å². The minimum Gasteiger partial charge on any atom is -0.463 e. The summed E-state index contributed by atoms with van der Waals surface area (Å²) in [7, 11) is 0. The number of fused-ring (bicyclic) bond motifs is 1. The number of nitrogen functional groups attached to an aromatic ring is 1. The lowest BCUT2D eigenvalue weighted by molar-refractivity contribution is -0.117. The fraction of sp³-hybridized carbons (Fsp3) is 0.722. The van der Waals surface area contributed by atoms with Gasteiger partial charge in [-0.25, -0.2) is 0 Å². The van der Waals surface area contributed by atoms with Crippen LogP contribution in [0, 0.1) is 5.92 Å². The van der Waals surface area contributed by atoms with Gasteiger partial charge in [-0.2, -0.15) is 9.97 Å². The van der Waals surface area contributed by atoms with E-state index in [2.05, 4.69) is 16.9 Å². The third-order valence-electron chi connectivity index (χ3n) is 5.10. The summed E-state index contributed by atoms with van der Waals surface area (Å²) >= 11 is 0. The molecule has 1 fully saturated rings. The van der Waals surface area contributed by atoms with E-state index in [1.807, 2.05) is 0 Å². The van der Waals surface area contributed by atoms with Crippen LogP contribution in [0.1, 0.15) is 63.9 Å². The van der Waals surface area contributed by atoms with E-state index < -0.39 is 0 Å². The van der Waals surface area contributed by atoms with E-state index in [0.717, 1.165) is 37.3 Å². The molecule has 2 heterocycles. The van der Waals surface area contributed by atoms with Crippen LogP contribution in [0.2, 0.25) is 0 Å². The molecule has 1 aromatic rings. The molecular weight excluding hydrogens is 304 g/mol. The van der Waals surface area contributed by atoms with Gasteiger partial charge in [-0.05, 0) is 18.8 Å². The Bertz CT molecular complexity index is 585. The van der Waals surface area contributed by atoms with Crippen molar-refractivity contribution in [1.29, 1.82) is 0 Å². The predicted octanol–water partition coefficient (Wildman–Crippen LogP) is 3.10. The Hall–Kier alpha value is -1.85. The van der Waals surface area contributed by atoms with Crippen LogP contribution >= 0.6 is 0 Å². The molecule has 2 N–H and O–H groups in total. The number of carbonyl (C=O) groups excluding carboxylic acids is 1. The normalized spacial score (nSPS) is 18.0. The van der Waals surface area contributed by atoms with Crippen LogP contribution < -0.4 is 15.4 Å². The average Bonchev–Trinajstić information content (AvgIpc) is 2.90. The van der Waals surface area contributed by atoms with Gasteiger partial charge in [-0.3, -0.25) is 9.69 Å². The number of aromatic nitrogens is 2. The number of hydrogen-bond donors (Lipinski definition) is 1. The summed E-state index contributed by atoms with van der Waals surface area (Å²) in [6.07, 6.45) is 9.90. The van der Waals surface area contributed by atoms with Crippen molar-refractivity contribution < 1.29 is 9.53 Å². The van der Waals surface area contributed by atoms with Gasteiger partial charge in [-0.15, -0.1) is 0 Å². The summed E-state index contributed by atoms with van der Waals surface area (Å²) in [6, 6.07) is 0.289. The number of amides is 1. The minimum absolute atomic E-state index is 0.0764. The Balaban J connectivity index is 1.69. The number of unbranched alkanes of at least 4 members (excludes halogenated alkanes) is 1. The molecule has 6 heteroatoms. The molecule has 1 saturated carbocycles. The van der Waals surface area contributed by atoms with Crippen LogP contribution in [0.5, 0.6) is 6.01 Å². The Morgan fingerprint density at radius 1 is 1.25 bits per heavy atom. The molecule has 2 aliphatic rings. The Morgan fingerprint density at radius 3 is 2.79 bits per heavy atom. The van der Waals surface area contributed by atoms with Crippen molar-refractivity contribution >= 4 is 17.5 Å². The van der Waals surface area contributed by atoms with Gasteiger partial charge in [0.2, 0.25) is 5.91 Å². The number of rotatable bonds is 7. The molecule has 24 heavy (non-hydrogen) atoms. The number of nitrogens with zero attached hydrogens (tertiary/aromatic N) is 3. The van der Waals surface area contributed by atoms with E-state index in [-0.39, 0.29) is 11.9 Å². The smallest absolute Gasteiger partial charge is 0.320 e. The van der Waals surface area contributed by atoms with Gasteiger partial charge in [0.1, 0.15) is 11.6 Å². The van der Waals surface area contributed by atoms with Gasteiger partial charge in [0.25, 0.3) is 0 Å². The Morgan fingerprint density at radius 2 is 2.04 bits per heavy atom. The SMILES string of the molecule is CCCCOc1nc(N)c2c(n1)N(CCC1CCCCC1)C(=O)C2. The molecule has 1 aliphatic carbocycles.